The van der Waals surface area contributed by atoms with Crippen molar-refractivity contribution >= 4 is 10.1 Å². The van der Waals surface area contributed by atoms with Crippen LogP contribution in [0.4, 0.5) is 22.0 Å². The summed E-state index contributed by atoms with van der Waals surface area (Å²) in [5.74, 6) is -12.0. The third-order valence-electron chi connectivity index (χ3n) is 1.69. The van der Waals surface area contributed by atoms with Gasteiger partial charge in [0.2, 0.25) is 5.82 Å². The minimum atomic E-state index is -5.03. The highest BCUT2D eigenvalue weighted by atomic mass is 32.2. The fourth-order valence-corrected chi connectivity index (χ4v) is 2.06. The van der Waals surface area contributed by atoms with Crippen LogP contribution in [-0.4, -0.2) is 15.0 Å². The lowest BCUT2D eigenvalue weighted by molar-refractivity contribution is 0.317. The maximum Gasteiger partial charge on any atom is 0.303 e. The van der Waals surface area contributed by atoms with Crippen LogP contribution in [-0.2, 0) is 14.3 Å². The smallest absolute Gasteiger partial charge is 0.267 e. The van der Waals surface area contributed by atoms with Crippen LogP contribution in [0, 0.1) is 29.1 Å². The second-order valence-electron chi connectivity index (χ2n) is 2.76. The lowest BCUT2D eigenvalue weighted by Crippen LogP contribution is -2.15. The van der Waals surface area contributed by atoms with E-state index in [4.69, 9.17) is 0 Å². The first kappa shape index (κ1) is 13.8. The summed E-state index contributed by atoms with van der Waals surface area (Å²) in [6.07, 6.45) is 0. The van der Waals surface area contributed by atoms with E-state index in [1.807, 2.05) is 0 Å². The molecule has 0 unspecified atom stereocenters. The number of rotatable bonds is 3. The van der Waals surface area contributed by atoms with Crippen molar-refractivity contribution in [2.75, 3.05) is 6.61 Å². The number of hydrogen-bond acceptors (Lipinski definition) is 3. The van der Waals surface area contributed by atoms with Crippen LogP contribution in [0.2, 0.25) is 0 Å². The molecule has 0 atom stereocenters. The van der Waals surface area contributed by atoms with Crippen LogP contribution in [0.3, 0.4) is 0 Å². The molecule has 0 bridgehead atoms. The lowest BCUT2D eigenvalue weighted by Gasteiger charge is -2.08. The van der Waals surface area contributed by atoms with Crippen molar-refractivity contribution in [2.45, 2.75) is 11.8 Å². The van der Waals surface area contributed by atoms with Crippen LogP contribution in [0.15, 0.2) is 4.90 Å². The summed E-state index contributed by atoms with van der Waals surface area (Å²) in [4.78, 5) is -1.99. The second-order valence-corrected chi connectivity index (χ2v) is 4.31. The Bertz CT molecular complexity index is 526. The van der Waals surface area contributed by atoms with Crippen molar-refractivity contribution < 1.29 is 34.6 Å². The standard InChI is InChI=1S/C8H5F5O3S/c1-2-16-17(14,15)8-6(12)4(10)3(9)5(11)7(8)13/h2H2,1H3. The first-order valence-corrected chi connectivity index (χ1v) is 5.55. The van der Waals surface area contributed by atoms with E-state index in [1.165, 1.54) is 6.92 Å². The maximum absolute atomic E-state index is 13.0. The van der Waals surface area contributed by atoms with Crippen LogP contribution in [0.1, 0.15) is 6.92 Å². The average Bonchev–Trinajstić information content (AvgIpc) is 2.23. The van der Waals surface area contributed by atoms with Gasteiger partial charge in [-0.1, -0.05) is 0 Å². The predicted molar refractivity (Wildman–Crippen MR) is 45.0 cm³/mol. The van der Waals surface area contributed by atoms with Crippen LogP contribution >= 0.6 is 0 Å². The van der Waals surface area contributed by atoms with E-state index in [0.717, 1.165) is 0 Å². The molecule has 0 saturated heterocycles. The highest BCUT2D eigenvalue weighted by Crippen LogP contribution is 2.27. The summed E-state index contributed by atoms with van der Waals surface area (Å²) in [5.41, 5.74) is 0. The van der Waals surface area contributed by atoms with Crippen LogP contribution < -0.4 is 0 Å². The zero-order chi connectivity index (χ0) is 13.4. The van der Waals surface area contributed by atoms with Gasteiger partial charge in [-0.3, -0.25) is 4.18 Å². The second kappa shape index (κ2) is 4.57. The Labute approximate surface area is 92.9 Å². The van der Waals surface area contributed by atoms with Gasteiger partial charge < -0.3 is 0 Å². The summed E-state index contributed by atoms with van der Waals surface area (Å²) in [6.45, 7) is 0.658. The molecule has 0 aromatic heterocycles. The van der Waals surface area contributed by atoms with E-state index in [0.29, 0.717) is 0 Å². The van der Waals surface area contributed by atoms with Crippen molar-refractivity contribution in [1.82, 2.24) is 0 Å². The van der Waals surface area contributed by atoms with Gasteiger partial charge in [-0.2, -0.15) is 8.42 Å². The Morgan fingerprint density at radius 3 is 1.59 bits per heavy atom. The van der Waals surface area contributed by atoms with Crippen molar-refractivity contribution in [1.29, 1.82) is 0 Å². The maximum atomic E-state index is 13.0. The summed E-state index contributed by atoms with van der Waals surface area (Å²) < 4.78 is 90.3. The fourth-order valence-electron chi connectivity index (χ4n) is 1.02. The molecule has 0 spiro atoms. The topological polar surface area (TPSA) is 43.4 Å². The summed E-state index contributed by atoms with van der Waals surface area (Å²) in [5, 5.41) is 0. The summed E-state index contributed by atoms with van der Waals surface area (Å²) in [6, 6.07) is 0. The molecule has 17 heavy (non-hydrogen) atoms. The molecule has 0 aliphatic rings. The predicted octanol–water partition coefficient (Wildman–Crippen LogP) is 2.11. The van der Waals surface area contributed by atoms with Gasteiger partial charge in [0.15, 0.2) is 28.2 Å². The lowest BCUT2D eigenvalue weighted by atomic mass is 10.3. The van der Waals surface area contributed by atoms with Gasteiger partial charge in [-0.25, -0.2) is 22.0 Å². The molecule has 0 aliphatic heterocycles. The van der Waals surface area contributed by atoms with Crippen LogP contribution in [0.5, 0.6) is 0 Å². The molecular formula is C8H5F5O3S. The van der Waals surface area contributed by atoms with Crippen molar-refractivity contribution in [3.05, 3.63) is 29.1 Å². The molecule has 3 nitrogen and oxygen atoms in total. The quantitative estimate of drug-likeness (QED) is 0.367. The Kier molecular flexibility index (Phi) is 3.72. The number of hydrogen-bond donors (Lipinski definition) is 0. The fraction of sp³-hybridized carbons (Fsp3) is 0.250. The highest BCUT2D eigenvalue weighted by molar-refractivity contribution is 7.86. The van der Waals surface area contributed by atoms with Crippen molar-refractivity contribution in [2.24, 2.45) is 0 Å². The Morgan fingerprint density at radius 1 is 0.882 bits per heavy atom. The molecule has 1 aromatic rings. The van der Waals surface area contributed by atoms with Gasteiger partial charge in [-0.05, 0) is 6.92 Å². The first-order valence-electron chi connectivity index (χ1n) is 4.14. The summed E-state index contributed by atoms with van der Waals surface area (Å²) in [7, 11) is -5.03. The minimum absolute atomic E-state index is 0.512. The third kappa shape index (κ3) is 2.25. The van der Waals surface area contributed by atoms with Gasteiger partial charge in [-0.15, -0.1) is 0 Å². The monoisotopic (exact) mass is 276 g/mol. The zero-order valence-corrected chi connectivity index (χ0v) is 9.05. The Hall–Kier alpha value is -1.22. The number of halogens is 5. The molecule has 1 rings (SSSR count). The average molecular weight is 276 g/mol. The van der Waals surface area contributed by atoms with E-state index in [2.05, 4.69) is 4.18 Å². The molecule has 0 N–H and O–H groups in total. The Balaban J connectivity index is 3.67. The molecule has 96 valence electrons. The third-order valence-corrected chi connectivity index (χ3v) is 3.10. The van der Waals surface area contributed by atoms with Gasteiger partial charge in [0.25, 0.3) is 0 Å². The molecule has 0 fully saturated rings. The molecule has 0 aliphatic carbocycles. The molecule has 0 saturated carbocycles. The van der Waals surface area contributed by atoms with E-state index >= 15 is 0 Å². The van der Waals surface area contributed by atoms with Crippen LogP contribution in [0.25, 0.3) is 0 Å². The van der Waals surface area contributed by atoms with Gasteiger partial charge >= 0.3 is 10.1 Å². The van der Waals surface area contributed by atoms with Gasteiger partial charge in [0.05, 0.1) is 6.61 Å². The molecule has 0 amide bonds. The Morgan fingerprint density at radius 2 is 1.24 bits per heavy atom. The molecule has 0 radical (unpaired) electrons. The zero-order valence-electron chi connectivity index (χ0n) is 8.23. The largest absolute Gasteiger partial charge is 0.303 e. The first-order chi connectivity index (χ1) is 7.74. The highest BCUT2D eigenvalue weighted by Gasteiger charge is 2.33. The molecular weight excluding hydrogens is 271 g/mol. The SMILES string of the molecule is CCOS(=O)(=O)c1c(F)c(F)c(F)c(F)c1F. The minimum Gasteiger partial charge on any atom is -0.267 e. The van der Waals surface area contributed by atoms with Gasteiger partial charge in [0.1, 0.15) is 0 Å². The normalized spacial score (nSPS) is 11.9. The van der Waals surface area contributed by atoms with E-state index < -0.39 is 50.7 Å². The number of benzene rings is 1. The molecule has 1 aromatic carbocycles. The molecule has 9 heteroatoms. The van der Waals surface area contributed by atoms with E-state index in [9.17, 15) is 30.4 Å². The van der Waals surface area contributed by atoms with Crippen molar-refractivity contribution in [3.63, 3.8) is 0 Å². The molecule has 0 heterocycles. The van der Waals surface area contributed by atoms with Gasteiger partial charge in [0, 0.05) is 0 Å². The van der Waals surface area contributed by atoms with E-state index in [1.54, 1.807) is 0 Å². The summed E-state index contributed by atoms with van der Waals surface area (Å²) >= 11 is 0. The van der Waals surface area contributed by atoms with E-state index in [-0.39, 0.29) is 0 Å². The van der Waals surface area contributed by atoms with Crippen molar-refractivity contribution in [3.8, 4) is 0 Å².